The number of Topliss-reactive ketones (excluding diaryl/α,β-unsaturated/α-hetero) is 1. The van der Waals surface area contributed by atoms with Gasteiger partial charge in [0.1, 0.15) is 5.92 Å². The van der Waals surface area contributed by atoms with Crippen LogP contribution < -0.4 is 0 Å². The standard InChI is InChI=1S/C31H28BrNO3/c1-20-28(31(35)36-17-16-21-8-4-2-5-9-21)29(23-12-14-25(32)15-13-23)30-26(33-20)18-24(19-27(30)34)22-10-6-3-7-11-22/h2-15,24,28-29H,16-19H2,1H3/t24-,28?,29+/m0/s1. The van der Waals surface area contributed by atoms with Crippen LogP contribution in [0.15, 0.2) is 106 Å². The Morgan fingerprint density at radius 2 is 1.58 bits per heavy atom. The zero-order valence-electron chi connectivity index (χ0n) is 20.2. The first-order chi connectivity index (χ1) is 17.5. The first-order valence-corrected chi connectivity index (χ1v) is 13.1. The van der Waals surface area contributed by atoms with Gasteiger partial charge in [-0.3, -0.25) is 14.6 Å². The summed E-state index contributed by atoms with van der Waals surface area (Å²) in [5.41, 5.74) is 5.36. The molecule has 182 valence electrons. The summed E-state index contributed by atoms with van der Waals surface area (Å²) in [4.78, 5) is 32.0. The van der Waals surface area contributed by atoms with E-state index in [1.165, 1.54) is 0 Å². The Labute approximate surface area is 220 Å². The van der Waals surface area contributed by atoms with Gasteiger partial charge in [0, 0.05) is 40.2 Å². The topological polar surface area (TPSA) is 55.7 Å². The van der Waals surface area contributed by atoms with Crippen molar-refractivity contribution in [2.75, 3.05) is 6.61 Å². The van der Waals surface area contributed by atoms with Crippen molar-refractivity contribution in [3.63, 3.8) is 0 Å². The molecule has 5 heteroatoms. The van der Waals surface area contributed by atoms with Crippen LogP contribution in [0.4, 0.5) is 0 Å². The monoisotopic (exact) mass is 541 g/mol. The summed E-state index contributed by atoms with van der Waals surface area (Å²) in [6.07, 6.45) is 1.75. The number of ether oxygens (including phenoxy) is 1. The number of ketones is 1. The van der Waals surface area contributed by atoms with Crippen LogP contribution in [0.3, 0.4) is 0 Å². The molecule has 3 aromatic rings. The average molecular weight is 542 g/mol. The van der Waals surface area contributed by atoms with Crippen LogP contribution in [0.25, 0.3) is 0 Å². The number of carbonyl (C=O) groups excluding carboxylic acids is 2. The highest BCUT2D eigenvalue weighted by molar-refractivity contribution is 9.10. The van der Waals surface area contributed by atoms with E-state index in [0.29, 0.717) is 30.5 Å². The second-order valence-electron chi connectivity index (χ2n) is 9.46. The van der Waals surface area contributed by atoms with Crippen molar-refractivity contribution in [3.05, 3.63) is 117 Å². The molecule has 1 unspecified atom stereocenters. The van der Waals surface area contributed by atoms with E-state index in [-0.39, 0.29) is 24.3 Å². The number of carbonyl (C=O) groups is 2. The number of hydrogen-bond donors (Lipinski definition) is 0. The van der Waals surface area contributed by atoms with Gasteiger partial charge < -0.3 is 4.74 Å². The van der Waals surface area contributed by atoms with Crippen molar-refractivity contribution in [2.45, 2.75) is 38.0 Å². The second kappa shape index (κ2) is 10.8. The maximum absolute atomic E-state index is 13.6. The van der Waals surface area contributed by atoms with Gasteiger partial charge in [0.05, 0.1) is 6.61 Å². The molecule has 0 saturated carbocycles. The van der Waals surface area contributed by atoms with Crippen LogP contribution in [0, 0.1) is 5.92 Å². The normalized spacial score (nSPS) is 21.6. The van der Waals surface area contributed by atoms with Gasteiger partial charge in [-0.05, 0) is 48.1 Å². The van der Waals surface area contributed by atoms with Crippen molar-refractivity contribution >= 4 is 33.4 Å². The van der Waals surface area contributed by atoms with E-state index in [9.17, 15) is 9.59 Å². The molecular formula is C31H28BrNO3. The minimum absolute atomic E-state index is 0.0661. The maximum atomic E-state index is 13.6. The Balaban J connectivity index is 1.46. The maximum Gasteiger partial charge on any atom is 0.315 e. The third-order valence-corrected chi connectivity index (χ3v) is 7.65. The van der Waals surface area contributed by atoms with Gasteiger partial charge in [-0.1, -0.05) is 88.7 Å². The number of benzene rings is 3. The number of allylic oxidation sites excluding steroid dienone is 2. The zero-order chi connectivity index (χ0) is 25.1. The molecule has 0 radical (unpaired) electrons. The van der Waals surface area contributed by atoms with E-state index in [1.807, 2.05) is 79.7 Å². The summed E-state index contributed by atoms with van der Waals surface area (Å²) in [5.74, 6) is -1.20. The third-order valence-electron chi connectivity index (χ3n) is 7.12. The largest absolute Gasteiger partial charge is 0.465 e. The van der Waals surface area contributed by atoms with Crippen molar-refractivity contribution in [1.82, 2.24) is 0 Å². The van der Waals surface area contributed by atoms with Crippen LogP contribution in [0.5, 0.6) is 0 Å². The van der Waals surface area contributed by atoms with Crippen molar-refractivity contribution < 1.29 is 14.3 Å². The molecule has 0 saturated heterocycles. The number of nitrogens with zero attached hydrogens (tertiary/aromatic N) is 1. The van der Waals surface area contributed by atoms with Crippen molar-refractivity contribution in [2.24, 2.45) is 10.9 Å². The number of halogens is 1. The molecule has 1 heterocycles. The molecule has 0 fully saturated rings. The fourth-order valence-corrected chi connectivity index (χ4v) is 5.62. The molecule has 2 aliphatic rings. The molecule has 1 aliphatic carbocycles. The van der Waals surface area contributed by atoms with E-state index in [0.717, 1.165) is 26.9 Å². The van der Waals surface area contributed by atoms with Gasteiger partial charge in [-0.25, -0.2) is 0 Å². The lowest BCUT2D eigenvalue weighted by Crippen LogP contribution is -2.38. The molecule has 0 aromatic heterocycles. The molecule has 36 heavy (non-hydrogen) atoms. The highest BCUT2D eigenvalue weighted by Crippen LogP contribution is 2.46. The van der Waals surface area contributed by atoms with Gasteiger partial charge >= 0.3 is 5.97 Å². The van der Waals surface area contributed by atoms with Crippen molar-refractivity contribution in [1.29, 1.82) is 0 Å². The minimum atomic E-state index is -0.627. The molecule has 4 nitrogen and oxygen atoms in total. The molecule has 0 N–H and O–H groups in total. The predicted molar refractivity (Wildman–Crippen MR) is 145 cm³/mol. The Kier molecular flexibility index (Phi) is 7.28. The lowest BCUT2D eigenvalue weighted by molar-refractivity contribution is -0.146. The number of rotatable bonds is 6. The Hall–Kier alpha value is -3.31. The van der Waals surface area contributed by atoms with E-state index in [4.69, 9.17) is 9.73 Å². The Morgan fingerprint density at radius 3 is 2.28 bits per heavy atom. The minimum Gasteiger partial charge on any atom is -0.465 e. The fourth-order valence-electron chi connectivity index (χ4n) is 5.36. The molecular weight excluding hydrogens is 514 g/mol. The number of hydrogen-bond acceptors (Lipinski definition) is 4. The van der Waals surface area contributed by atoms with Gasteiger partial charge in [-0.15, -0.1) is 0 Å². The summed E-state index contributed by atoms with van der Waals surface area (Å²) >= 11 is 3.50. The average Bonchev–Trinajstić information content (AvgIpc) is 2.89. The second-order valence-corrected chi connectivity index (χ2v) is 10.4. The summed E-state index contributed by atoms with van der Waals surface area (Å²) in [6, 6.07) is 28.0. The lowest BCUT2D eigenvalue weighted by Gasteiger charge is -2.36. The summed E-state index contributed by atoms with van der Waals surface area (Å²) in [5, 5.41) is 0. The predicted octanol–water partition coefficient (Wildman–Crippen LogP) is 6.81. The summed E-state index contributed by atoms with van der Waals surface area (Å²) in [7, 11) is 0. The molecule has 3 aromatic carbocycles. The van der Waals surface area contributed by atoms with Crippen LogP contribution in [0.2, 0.25) is 0 Å². The van der Waals surface area contributed by atoms with Gasteiger partial charge in [-0.2, -0.15) is 0 Å². The smallest absolute Gasteiger partial charge is 0.315 e. The molecule has 0 bridgehead atoms. The Bertz CT molecular complexity index is 1310. The van der Waals surface area contributed by atoms with Gasteiger partial charge in [0.2, 0.25) is 0 Å². The zero-order valence-corrected chi connectivity index (χ0v) is 21.8. The van der Waals surface area contributed by atoms with Crippen LogP contribution in [-0.4, -0.2) is 24.1 Å². The number of esters is 1. The van der Waals surface area contributed by atoms with Crippen LogP contribution in [-0.2, 0) is 20.7 Å². The highest BCUT2D eigenvalue weighted by Gasteiger charge is 2.44. The SMILES string of the molecule is CC1=NC2=C(C(=O)C[C@@H](c3ccccc3)C2)[C@H](c2ccc(Br)cc2)C1C(=O)OCCc1ccccc1. The molecule has 0 spiro atoms. The first kappa shape index (κ1) is 24.4. The van der Waals surface area contributed by atoms with E-state index >= 15 is 0 Å². The first-order valence-electron chi connectivity index (χ1n) is 12.3. The van der Waals surface area contributed by atoms with Crippen LogP contribution >= 0.6 is 15.9 Å². The van der Waals surface area contributed by atoms with Gasteiger partial charge in [0.25, 0.3) is 0 Å². The molecule has 3 atom stereocenters. The van der Waals surface area contributed by atoms with E-state index in [2.05, 4.69) is 28.1 Å². The third kappa shape index (κ3) is 5.12. The number of aliphatic imine (C=N–C) groups is 1. The molecule has 0 amide bonds. The fraction of sp³-hybridized carbons (Fsp3) is 0.258. The highest BCUT2D eigenvalue weighted by atomic mass is 79.9. The molecule has 5 rings (SSSR count). The lowest BCUT2D eigenvalue weighted by atomic mass is 9.69. The quantitative estimate of drug-likeness (QED) is 0.322. The molecule has 1 aliphatic heterocycles. The summed E-state index contributed by atoms with van der Waals surface area (Å²) < 4.78 is 6.72. The van der Waals surface area contributed by atoms with Gasteiger partial charge in [0.15, 0.2) is 5.78 Å². The van der Waals surface area contributed by atoms with Crippen molar-refractivity contribution in [3.8, 4) is 0 Å². The van der Waals surface area contributed by atoms with E-state index < -0.39 is 11.8 Å². The Morgan fingerprint density at radius 1 is 0.917 bits per heavy atom. The van der Waals surface area contributed by atoms with E-state index in [1.54, 1.807) is 0 Å². The summed E-state index contributed by atoms with van der Waals surface area (Å²) in [6.45, 7) is 2.17. The van der Waals surface area contributed by atoms with Crippen LogP contribution in [0.1, 0.15) is 48.3 Å².